The molecule has 2 nitrogen and oxygen atoms in total. The van der Waals surface area contributed by atoms with E-state index in [-0.39, 0.29) is 0 Å². The van der Waals surface area contributed by atoms with Gasteiger partial charge in [-0.3, -0.25) is 5.32 Å². The summed E-state index contributed by atoms with van der Waals surface area (Å²) >= 11 is 0. The van der Waals surface area contributed by atoms with Gasteiger partial charge in [0.15, 0.2) is 0 Å². The molecule has 9 heavy (non-hydrogen) atoms. The van der Waals surface area contributed by atoms with Crippen LogP contribution in [0.15, 0.2) is 0 Å². The lowest BCUT2D eigenvalue weighted by molar-refractivity contribution is 0.187. The number of rotatable bonds is 2. The highest BCUT2D eigenvalue weighted by Gasteiger charge is 2.14. The smallest absolute Gasteiger partial charge is 0.0968 e. The van der Waals surface area contributed by atoms with Crippen LogP contribution in [0, 0.1) is 5.92 Å². The molecule has 1 aliphatic heterocycles. The summed E-state index contributed by atoms with van der Waals surface area (Å²) in [6.45, 7) is 6.12. The van der Waals surface area contributed by atoms with Gasteiger partial charge in [0.2, 0.25) is 0 Å². The summed E-state index contributed by atoms with van der Waals surface area (Å²) in [5, 5.41) is 3.27. The van der Waals surface area contributed by atoms with E-state index in [0.717, 1.165) is 19.3 Å². The largest absolute Gasteiger partial charge is 0.365 e. The molecule has 2 heteroatoms. The second kappa shape index (κ2) is 3.18. The summed E-state index contributed by atoms with van der Waals surface area (Å²) in [5.74, 6) is 0.782. The van der Waals surface area contributed by atoms with Crippen LogP contribution < -0.4 is 5.32 Å². The fraction of sp³-hybridized carbons (Fsp3) is 1.00. The Morgan fingerprint density at radius 2 is 2.44 bits per heavy atom. The Bertz CT molecular complexity index is 77.0. The molecule has 54 valence electrons. The van der Waals surface area contributed by atoms with E-state index >= 15 is 0 Å². The molecule has 0 amide bonds. The molecule has 1 N–H and O–H groups in total. The van der Waals surface area contributed by atoms with Crippen LogP contribution in [-0.2, 0) is 4.74 Å². The number of ether oxygens (including phenoxy) is 1. The van der Waals surface area contributed by atoms with E-state index in [2.05, 4.69) is 19.2 Å². The van der Waals surface area contributed by atoms with Gasteiger partial charge >= 0.3 is 0 Å². The first-order chi connectivity index (χ1) is 4.29. The topological polar surface area (TPSA) is 21.3 Å². The SMILES string of the molecule is CC(C)CC1COCN1. The Balaban J connectivity index is 2.11. The van der Waals surface area contributed by atoms with Crippen LogP contribution >= 0.6 is 0 Å². The second-order valence-corrected chi connectivity index (χ2v) is 3.05. The maximum Gasteiger partial charge on any atom is 0.0968 e. The molecular weight excluding hydrogens is 114 g/mol. The Labute approximate surface area is 56.6 Å². The molecule has 1 fully saturated rings. The van der Waals surface area contributed by atoms with E-state index in [4.69, 9.17) is 4.74 Å². The van der Waals surface area contributed by atoms with Crippen LogP contribution in [0.2, 0.25) is 0 Å². The summed E-state index contributed by atoms with van der Waals surface area (Å²) < 4.78 is 5.15. The van der Waals surface area contributed by atoms with Gasteiger partial charge in [0.1, 0.15) is 0 Å². The maximum atomic E-state index is 5.15. The second-order valence-electron chi connectivity index (χ2n) is 3.05. The van der Waals surface area contributed by atoms with E-state index < -0.39 is 0 Å². The van der Waals surface area contributed by atoms with Crippen molar-refractivity contribution in [3.05, 3.63) is 0 Å². The van der Waals surface area contributed by atoms with Crippen LogP contribution in [0.25, 0.3) is 0 Å². The third kappa shape index (κ3) is 2.33. The van der Waals surface area contributed by atoms with Crippen molar-refractivity contribution in [3.63, 3.8) is 0 Å². The summed E-state index contributed by atoms with van der Waals surface area (Å²) in [6, 6.07) is 0.616. The number of nitrogens with one attached hydrogen (secondary N) is 1. The molecule has 0 aromatic rings. The van der Waals surface area contributed by atoms with Crippen molar-refractivity contribution in [2.24, 2.45) is 5.92 Å². The minimum absolute atomic E-state index is 0.616. The van der Waals surface area contributed by atoms with E-state index in [9.17, 15) is 0 Å². The van der Waals surface area contributed by atoms with E-state index in [1.165, 1.54) is 6.42 Å². The van der Waals surface area contributed by atoms with Crippen molar-refractivity contribution in [2.75, 3.05) is 13.3 Å². The minimum atomic E-state index is 0.616. The fourth-order valence-electron chi connectivity index (χ4n) is 1.16. The lowest BCUT2D eigenvalue weighted by atomic mass is 10.1. The molecule has 1 rings (SSSR count). The quantitative estimate of drug-likeness (QED) is 0.600. The third-order valence-corrected chi connectivity index (χ3v) is 1.55. The van der Waals surface area contributed by atoms with E-state index in [1.807, 2.05) is 0 Å². The van der Waals surface area contributed by atoms with Crippen LogP contribution in [-0.4, -0.2) is 19.4 Å². The molecule has 1 saturated heterocycles. The van der Waals surface area contributed by atoms with Crippen molar-refractivity contribution in [2.45, 2.75) is 26.3 Å². The van der Waals surface area contributed by atoms with Gasteiger partial charge in [-0.1, -0.05) is 13.8 Å². The first kappa shape index (κ1) is 7.03. The normalized spacial score (nSPS) is 27.7. The predicted molar refractivity (Wildman–Crippen MR) is 37.2 cm³/mol. The molecule has 0 aliphatic carbocycles. The van der Waals surface area contributed by atoms with E-state index in [0.29, 0.717) is 6.04 Å². The lowest BCUT2D eigenvalue weighted by Crippen LogP contribution is -2.24. The monoisotopic (exact) mass is 129 g/mol. The molecule has 0 spiro atoms. The van der Waals surface area contributed by atoms with Crippen molar-refractivity contribution in [3.8, 4) is 0 Å². The Morgan fingerprint density at radius 3 is 2.89 bits per heavy atom. The van der Waals surface area contributed by atoms with Gasteiger partial charge in [-0.2, -0.15) is 0 Å². The van der Waals surface area contributed by atoms with Gasteiger partial charge in [-0.25, -0.2) is 0 Å². The zero-order valence-corrected chi connectivity index (χ0v) is 6.18. The highest BCUT2D eigenvalue weighted by Crippen LogP contribution is 2.07. The van der Waals surface area contributed by atoms with Gasteiger partial charge in [-0.15, -0.1) is 0 Å². The molecule has 1 atom stereocenters. The van der Waals surface area contributed by atoms with Crippen LogP contribution in [0.4, 0.5) is 0 Å². The Hall–Kier alpha value is -0.0800. The average Bonchev–Trinajstić information content (AvgIpc) is 2.15. The molecule has 1 unspecified atom stereocenters. The van der Waals surface area contributed by atoms with E-state index in [1.54, 1.807) is 0 Å². The molecule has 0 aromatic carbocycles. The molecule has 1 aliphatic rings. The van der Waals surface area contributed by atoms with Gasteiger partial charge in [0.25, 0.3) is 0 Å². The van der Waals surface area contributed by atoms with Crippen molar-refractivity contribution < 1.29 is 4.74 Å². The fourth-order valence-corrected chi connectivity index (χ4v) is 1.16. The average molecular weight is 129 g/mol. The highest BCUT2D eigenvalue weighted by atomic mass is 16.5. The minimum Gasteiger partial charge on any atom is -0.365 e. The molecule has 0 aromatic heterocycles. The molecule has 0 bridgehead atoms. The molecular formula is C7H15NO. The molecule has 1 heterocycles. The van der Waals surface area contributed by atoms with Crippen LogP contribution in [0.3, 0.4) is 0 Å². The number of hydrogen-bond acceptors (Lipinski definition) is 2. The zero-order chi connectivity index (χ0) is 6.69. The highest BCUT2D eigenvalue weighted by molar-refractivity contribution is 4.69. The van der Waals surface area contributed by atoms with Gasteiger partial charge in [0.05, 0.1) is 13.3 Å². The summed E-state index contributed by atoms with van der Waals surface area (Å²) in [5.41, 5.74) is 0. The molecule has 0 radical (unpaired) electrons. The van der Waals surface area contributed by atoms with Crippen molar-refractivity contribution >= 4 is 0 Å². The Morgan fingerprint density at radius 1 is 1.67 bits per heavy atom. The molecule has 0 saturated carbocycles. The first-order valence-corrected chi connectivity index (χ1v) is 3.60. The lowest BCUT2D eigenvalue weighted by Gasteiger charge is -2.09. The third-order valence-electron chi connectivity index (χ3n) is 1.55. The first-order valence-electron chi connectivity index (χ1n) is 3.60. The van der Waals surface area contributed by atoms with Crippen LogP contribution in [0.1, 0.15) is 20.3 Å². The summed E-state index contributed by atoms with van der Waals surface area (Å²) in [4.78, 5) is 0. The summed E-state index contributed by atoms with van der Waals surface area (Å²) in [6.07, 6.45) is 1.24. The van der Waals surface area contributed by atoms with Crippen molar-refractivity contribution in [1.82, 2.24) is 5.32 Å². The predicted octanol–water partition coefficient (Wildman–Crippen LogP) is 0.978. The van der Waals surface area contributed by atoms with Gasteiger partial charge < -0.3 is 4.74 Å². The standard InChI is InChI=1S/C7H15NO/c1-6(2)3-7-4-9-5-8-7/h6-8H,3-5H2,1-2H3. The number of hydrogen-bond donors (Lipinski definition) is 1. The van der Waals surface area contributed by atoms with Gasteiger partial charge in [-0.05, 0) is 12.3 Å². The van der Waals surface area contributed by atoms with Crippen LogP contribution in [0.5, 0.6) is 0 Å². The van der Waals surface area contributed by atoms with Gasteiger partial charge in [0, 0.05) is 6.04 Å². The maximum absolute atomic E-state index is 5.15. The summed E-state index contributed by atoms with van der Waals surface area (Å²) in [7, 11) is 0. The van der Waals surface area contributed by atoms with Crippen molar-refractivity contribution in [1.29, 1.82) is 0 Å². The Kier molecular flexibility index (Phi) is 2.49. The zero-order valence-electron chi connectivity index (χ0n) is 6.18.